The first-order valence-electron chi connectivity index (χ1n) is 7.94. The second-order valence-corrected chi connectivity index (χ2v) is 6.69. The summed E-state index contributed by atoms with van der Waals surface area (Å²) in [5, 5.41) is 6.82. The number of hydrogen-bond donors (Lipinski definition) is 2. The van der Waals surface area contributed by atoms with Crippen LogP contribution in [-0.2, 0) is 6.54 Å². The van der Waals surface area contributed by atoms with Crippen LogP contribution in [0, 0.1) is 0 Å². The van der Waals surface area contributed by atoms with Crippen LogP contribution in [0.15, 0.2) is 23.2 Å². The van der Waals surface area contributed by atoms with Crippen molar-refractivity contribution in [1.29, 1.82) is 0 Å². The molecule has 6 heteroatoms. The van der Waals surface area contributed by atoms with Gasteiger partial charge in [0.1, 0.15) is 0 Å². The number of aliphatic imine (C=N–C) groups is 1. The predicted octanol–water partition coefficient (Wildman–Crippen LogP) is 1.81. The standard InChI is InChI=1S/C17H28N4O2/c1-17(2,3)20-9-8-19-16(18-4)21(5)11-13-6-7-14-15(10-13)23-12-22-14/h6-7,10,20H,8-9,11-12H2,1-5H3,(H,18,19). The molecule has 0 radical (unpaired) electrons. The highest BCUT2D eigenvalue weighted by Crippen LogP contribution is 2.32. The van der Waals surface area contributed by atoms with E-state index in [1.165, 1.54) is 0 Å². The molecule has 0 saturated carbocycles. The first-order chi connectivity index (χ1) is 10.9. The molecule has 0 aliphatic carbocycles. The molecule has 1 aromatic rings. The summed E-state index contributed by atoms with van der Waals surface area (Å²) in [6.45, 7) is 9.26. The Hall–Kier alpha value is -1.95. The van der Waals surface area contributed by atoms with Gasteiger partial charge in [0.15, 0.2) is 17.5 Å². The average Bonchev–Trinajstić information content (AvgIpc) is 2.93. The Balaban J connectivity index is 1.84. The Morgan fingerprint density at radius 2 is 1.96 bits per heavy atom. The molecule has 6 nitrogen and oxygen atoms in total. The molecule has 23 heavy (non-hydrogen) atoms. The molecule has 1 aliphatic heterocycles. The van der Waals surface area contributed by atoms with Crippen molar-refractivity contribution in [1.82, 2.24) is 15.5 Å². The minimum atomic E-state index is 0.129. The topological polar surface area (TPSA) is 58.1 Å². The minimum absolute atomic E-state index is 0.129. The summed E-state index contributed by atoms with van der Waals surface area (Å²) < 4.78 is 10.8. The predicted molar refractivity (Wildman–Crippen MR) is 93.1 cm³/mol. The number of guanidine groups is 1. The van der Waals surface area contributed by atoms with Crippen LogP contribution in [0.3, 0.4) is 0 Å². The van der Waals surface area contributed by atoms with Crippen molar-refractivity contribution in [2.75, 3.05) is 34.0 Å². The molecule has 1 heterocycles. The molecule has 2 N–H and O–H groups in total. The molecule has 0 atom stereocenters. The van der Waals surface area contributed by atoms with Crippen LogP contribution in [-0.4, -0.2) is 50.4 Å². The van der Waals surface area contributed by atoms with Crippen LogP contribution >= 0.6 is 0 Å². The maximum Gasteiger partial charge on any atom is 0.231 e. The molecule has 0 bridgehead atoms. The normalized spacial score (nSPS) is 14.0. The summed E-state index contributed by atoms with van der Waals surface area (Å²) in [7, 11) is 3.83. The molecule has 0 unspecified atom stereocenters. The first kappa shape index (κ1) is 17.4. The maximum absolute atomic E-state index is 5.42. The molecule has 0 spiro atoms. The second kappa shape index (κ2) is 7.55. The molecular formula is C17H28N4O2. The lowest BCUT2D eigenvalue weighted by Gasteiger charge is -2.24. The van der Waals surface area contributed by atoms with Crippen molar-refractivity contribution in [3.63, 3.8) is 0 Å². The lowest BCUT2D eigenvalue weighted by atomic mass is 10.1. The van der Waals surface area contributed by atoms with Crippen LogP contribution in [0.25, 0.3) is 0 Å². The van der Waals surface area contributed by atoms with Gasteiger partial charge in [0, 0.05) is 39.3 Å². The van der Waals surface area contributed by atoms with Crippen LogP contribution in [0.4, 0.5) is 0 Å². The number of hydrogen-bond acceptors (Lipinski definition) is 4. The fourth-order valence-corrected chi connectivity index (χ4v) is 2.38. The molecular weight excluding hydrogens is 292 g/mol. The number of nitrogens with one attached hydrogen (secondary N) is 2. The molecule has 0 amide bonds. The number of fused-ring (bicyclic) bond motifs is 1. The fourth-order valence-electron chi connectivity index (χ4n) is 2.38. The third-order valence-corrected chi connectivity index (χ3v) is 3.49. The van der Waals surface area contributed by atoms with E-state index in [9.17, 15) is 0 Å². The highest BCUT2D eigenvalue weighted by Gasteiger charge is 2.15. The van der Waals surface area contributed by atoms with Gasteiger partial charge in [-0.2, -0.15) is 0 Å². The molecule has 0 fully saturated rings. The highest BCUT2D eigenvalue weighted by atomic mass is 16.7. The van der Waals surface area contributed by atoms with Gasteiger partial charge in [0.2, 0.25) is 6.79 Å². The summed E-state index contributed by atoms with van der Waals surface area (Å²) in [4.78, 5) is 6.43. The Kier molecular flexibility index (Phi) is 5.71. The summed E-state index contributed by atoms with van der Waals surface area (Å²) in [5.41, 5.74) is 1.29. The summed E-state index contributed by atoms with van der Waals surface area (Å²) >= 11 is 0. The van der Waals surface area contributed by atoms with E-state index < -0.39 is 0 Å². The van der Waals surface area contributed by atoms with E-state index in [1.807, 2.05) is 19.2 Å². The second-order valence-electron chi connectivity index (χ2n) is 6.69. The van der Waals surface area contributed by atoms with Crippen molar-refractivity contribution in [2.45, 2.75) is 32.9 Å². The van der Waals surface area contributed by atoms with Crippen molar-refractivity contribution in [3.05, 3.63) is 23.8 Å². The third kappa shape index (κ3) is 5.32. The van der Waals surface area contributed by atoms with Gasteiger partial charge in [0.05, 0.1) is 0 Å². The van der Waals surface area contributed by atoms with Gasteiger partial charge < -0.3 is 25.0 Å². The van der Waals surface area contributed by atoms with E-state index in [4.69, 9.17) is 9.47 Å². The number of ether oxygens (including phenoxy) is 2. The van der Waals surface area contributed by atoms with E-state index >= 15 is 0 Å². The number of nitrogens with zero attached hydrogens (tertiary/aromatic N) is 2. The van der Waals surface area contributed by atoms with E-state index in [2.05, 4.69) is 47.4 Å². The monoisotopic (exact) mass is 320 g/mol. The number of rotatable bonds is 5. The zero-order valence-electron chi connectivity index (χ0n) is 14.8. The van der Waals surface area contributed by atoms with Gasteiger partial charge in [0.25, 0.3) is 0 Å². The van der Waals surface area contributed by atoms with Crippen LogP contribution in [0.2, 0.25) is 0 Å². The van der Waals surface area contributed by atoms with Gasteiger partial charge in [-0.15, -0.1) is 0 Å². The zero-order valence-corrected chi connectivity index (χ0v) is 14.8. The Morgan fingerprint density at radius 3 is 2.65 bits per heavy atom. The van der Waals surface area contributed by atoms with E-state index in [1.54, 1.807) is 7.05 Å². The first-order valence-corrected chi connectivity index (χ1v) is 7.94. The smallest absolute Gasteiger partial charge is 0.231 e. The van der Waals surface area contributed by atoms with Crippen molar-refractivity contribution in [3.8, 4) is 11.5 Å². The summed E-state index contributed by atoms with van der Waals surface area (Å²) in [6.07, 6.45) is 0. The van der Waals surface area contributed by atoms with Crippen LogP contribution < -0.4 is 20.1 Å². The van der Waals surface area contributed by atoms with E-state index in [0.29, 0.717) is 6.79 Å². The SMILES string of the molecule is CN=C(NCCNC(C)(C)C)N(C)Cc1ccc2c(c1)OCO2. The van der Waals surface area contributed by atoms with Gasteiger partial charge in [-0.25, -0.2) is 0 Å². The van der Waals surface area contributed by atoms with Crippen molar-refractivity contribution in [2.24, 2.45) is 4.99 Å². The maximum atomic E-state index is 5.42. The van der Waals surface area contributed by atoms with Crippen LogP contribution in [0.5, 0.6) is 11.5 Å². The van der Waals surface area contributed by atoms with E-state index in [-0.39, 0.29) is 5.54 Å². The number of benzene rings is 1. The molecule has 0 saturated heterocycles. The Labute approximate surface area is 138 Å². The highest BCUT2D eigenvalue weighted by molar-refractivity contribution is 5.79. The largest absolute Gasteiger partial charge is 0.454 e. The third-order valence-electron chi connectivity index (χ3n) is 3.49. The van der Waals surface area contributed by atoms with Gasteiger partial charge >= 0.3 is 0 Å². The molecule has 2 rings (SSSR count). The average molecular weight is 320 g/mol. The lowest BCUT2D eigenvalue weighted by Crippen LogP contribution is -2.44. The molecule has 128 valence electrons. The molecule has 1 aliphatic rings. The molecule has 1 aromatic carbocycles. The van der Waals surface area contributed by atoms with Crippen molar-refractivity contribution >= 4 is 5.96 Å². The van der Waals surface area contributed by atoms with Gasteiger partial charge in [-0.3, -0.25) is 4.99 Å². The Morgan fingerprint density at radius 1 is 1.22 bits per heavy atom. The van der Waals surface area contributed by atoms with Gasteiger partial charge in [-0.1, -0.05) is 6.07 Å². The minimum Gasteiger partial charge on any atom is -0.454 e. The van der Waals surface area contributed by atoms with E-state index in [0.717, 1.165) is 42.7 Å². The fraction of sp³-hybridized carbons (Fsp3) is 0.588. The summed E-state index contributed by atoms with van der Waals surface area (Å²) in [5.74, 6) is 2.50. The molecule has 0 aromatic heterocycles. The van der Waals surface area contributed by atoms with Crippen molar-refractivity contribution < 1.29 is 9.47 Å². The Bertz CT molecular complexity index is 552. The zero-order chi connectivity index (χ0) is 16.9. The van der Waals surface area contributed by atoms with Gasteiger partial charge in [-0.05, 0) is 38.5 Å². The lowest BCUT2D eigenvalue weighted by molar-refractivity contribution is 0.174. The quantitative estimate of drug-likeness (QED) is 0.492. The summed E-state index contributed by atoms with van der Waals surface area (Å²) in [6, 6.07) is 6.03. The van der Waals surface area contributed by atoms with Crippen LogP contribution in [0.1, 0.15) is 26.3 Å².